The molecule has 6 nitrogen and oxygen atoms in total. The molecule has 0 aliphatic heterocycles. The first-order chi connectivity index (χ1) is 13.7. The molecular formula is C21H24N2O4S. The third-order valence-electron chi connectivity index (χ3n) is 3.95. The second kappa shape index (κ2) is 10.1. The summed E-state index contributed by atoms with van der Waals surface area (Å²) < 4.78 is 19.8. The van der Waals surface area contributed by atoms with Crippen LogP contribution in [0.1, 0.15) is 13.8 Å². The summed E-state index contributed by atoms with van der Waals surface area (Å²) in [5, 5.41) is 0. The van der Waals surface area contributed by atoms with Crippen LogP contribution in [0.25, 0.3) is 10.2 Å². The number of ether oxygens (including phenoxy) is 3. The maximum absolute atomic E-state index is 12.4. The lowest BCUT2D eigenvalue weighted by atomic mass is 10.3. The van der Waals surface area contributed by atoms with Crippen LogP contribution < -0.4 is 14.3 Å². The van der Waals surface area contributed by atoms with E-state index in [1.54, 1.807) is 0 Å². The Bertz CT molecular complexity index is 979. The summed E-state index contributed by atoms with van der Waals surface area (Å²) in [4.78, 5) is 17.3. The van der Waals surface area contributed by atoms with Gasteiger partial charge in [-0.3, -0.25) is 4.79 Å². The van der Waals surface area contributed by atoms with Crippen LogP contribution in [0.4, 0.5) is 0 Å². The molecule has 0 atom stereocenters. The molecule has 0 aliphatic carbocycles. The number of rotatable bonds is 9. The summed E-state index contributed by atoms with van der Waals surface area (Å²) in [6.07, 6.45) is 0. The van der Waals surface area contributed by atoms with Crippen LogP contribution in [0, 0.1) is 0 Å². The van der Waals surface area contributed by atoms with Crippen molar-refractivity contribution < 1.29 is 19.0 Å². The Morgan fingerprint density at radius 1 is 1.04 bits per heavy atom. The van der Waals surface area contributed by atoms with Crippen molar-refractivity contribution >= 4 is 27.5 Å². The van der Waals surface area contributed by atoms with Gasteiger partial charge in [-0.05, 0) is 38.1 Å². The molecule has 0 N–H and O–H groups in total. The standard InChI is InChI=1S/C21H24N2O4S/c1-3-25-14-13-23-20-17(26-4-2)11-8-12-18(20)28-21(23)22-19(24)15-27-16-9-6-5-7-10-16/h5-12H,3-4,13-15H2,1-2H3. The molecule has 0 aliphatic rings. The molecule has 0 saturated carbocycles. The minimum Gasteiger partial charge on any atom is -0.492 e. The Kier molecular flexibility index (Phi) is 7.22. The van der Waals surface area contributed by atoms with Gasteiger partial charge >= 0.3 is 0 Å². The van der Waals surface area contributed by atoms with E-state index in [9.17, 15) is 4.79 Å². The Hall–Kier alpha value is -2.64. The van der Waals surface area contributed by atoms with Gasteiger partial charge in [-0.1, -0.05) is 35.6 Å². The van der Waals surface area contributed by atoms with Gasteiger partial charge < -0.3 is 18.8 Å². The number of carbonyl (C=O) groups excluding carboxylic acids is 1. The number of fused-ring (bicyclic) bond motifs is 1. The number of benzene rings is 2. The molecule has 1 heterocycles. The third-order valence-corrected chi connectivity index (χ3v) is 5.00. The zero-order chi connectivity index (χ0) is 19.8. The van der Waals surface area contributed by atoms with E-state index in [4.69, 9.17) is 14.2 Å². The number of para-hydroxylation sites is 2. The smallest absolute Gasteiger partial charge is 0.286 e. The number of carbonyl (C=O) groups is 1. The molecule has 0 bridgehead atoms. The fourth-order valence-corrected chi connectivity index (χ4v) is 3.85. The summed E-state index contributed by atoms with van der Waals surface area (Å²) in [5.74, 6) is 1.09. The van der Waals surface area contributed by atoms with Crippen molar-refractivity contribution in [3.63, 3.8) is 0 Å². The zero-order valence-corrected chi connectivity index (χ0v) is 16.9. The lowest BCUT2D eigenvalue weighted by Crippen LogP contribution is -2.21. The van der Waals surface area contributed by atoms with Gasteiger partial charge in [-0.25, -0.2) is 0 Å². The van der Waals surface area contributed by atoms with E-state index in [1.165, 1.54) is 11.3 Å². The normalized spacial score (nSPS) is 11.7. The van der Waals surface area contributed by atoms with E-state index in [-0.39, 0.29) is 12.5 Å². The molecule has 1 aromatic heterocycles. The van der Waals surface area contributed by atoms with Crippen LogP contribution in [0.5, 0.6) is 11.5 Å². The SMILES string of the molecule is CCOCCn1c(=NC(=O)COc2ccccc2)sc2cccc(OCC)c21. The first kappa shape index (κ1) is 20.1. The summed E-state index contributed by atoms with van der Waals surface area (Å²) in [6, 6.07) is 15.1. The summed E-state index contributed by atoms with van der Waals surface area (Å²) in [7, 11) is 0. The Labute approximate surface area is 168 Å². The van der Waals surface area contributed by atoms with E-state index in [2.05, 4.69) is 4.99 Å². The van der Waals surface area contributed by atoms with Gasteiger partial charge in [0.2, 0.25) is 0 Å². The van der Waals surface area contributed by atoms with Gasteiger partial charge in [-0.15, -0.1) is 0 Å². The molecule has 2 aromatic carbocycles. The number of nitrogens with zero attached hydrogens (tertiary/aromatic N) is 2. The number of thiazole rings is 1. The van der Waals surface area contributed by atoms with Crippen molar-refractivity contribution in [1.82, 2.24) is 4.57 Å². The van der Waals surface area contributed by atoms with Crippen LogP contribution in [0.3, 0.4) is 0 Å². The Balaban J connectivity index is 1.91. The topological polar surface area (TPSA) is 62.1 Å². The highest BCUT2D eigenvalue weighted by molar-refractivity contribution is 7.16. The lowest BCUT2D eigenvalue weighted by Gasteiger charge is -2.10. The van der Waals surface area contributed by atoms with E-state index in [0.29, 0.717) is 36.9 Å². The molecule has 0 saturated heterocycles. The van der Waals surface area contributed by atoms with Crippen LogP contribution in [0.15, 0.2) is 53.5 Å². The molecule has 0 radical (unpaired) electrons. The summed E-state index contributed by atoms with van der Waals surface area (Å²) in [5.41, 5.74) is 0.935. The highest BCUT2D eigenvalue weighted by atomic mass is 32.1. The average molecular weight is 401 g/mol. The van der Waals surface area contributed by atoms with Crippen molar-refractivity contribution in [3.05, 3.63) is 53.3 Å². The molecule has 28 heavy (non-hydrogen) atoms. The van der Waals surface area contributed by atoms with E-state index in [0.717, 1.165) is 16.0 Å². The average Bonchev–Trinajstić information content (AvgIpc) is 3.06. The van der Waals surface area contributed by atoms with Crippen molar-refractivity contribution in [1.29, 1.82) is 0 Å². The largest absolute Gasteiger partial charge is 0.492 e. The summed E-state index contributed by atoms with van der Waals surface area (Å²) >= 11 is 1.46. The van der Waals surface area contributed by atoms with Crippen LogP contribution in [-0.4, -0.2) is 36.9 Å². The van der Waals surface area contributed by atoms with E-state index < -0.39 is 0 Å². The Morgan fingerprint density at radius 2 is 1.86 bits per heavy atom. The van der Waals surface area contributed by atoms with Gasteiger partial charge in [-0.2, -0.15) is 4.99 Å². The highest BCUT2D eigenvalue weighted by Gasteiger charge is 2.13. The van der Waals surface area contributed by atoms with Crippen molar-refractivity contribution in [3.8, 4) is 11.5 Å². The molecule has 7 heteroatoms. The molecular weight excluding hydrogens is 376 g/mol. The second-order valence-corrected chi connectivity index (χ2v) is 6.89. The molecule has 0 unspecified atom stereocenters. The monoisotopic (exact) mass is 400 g/mol. The van der Waals surface area contributed by atoms with E-state index >= 15 is 0 Å². The minimum atomic E-state index is -0.335. The maximum atomic E-state index is 12.4. The molecule has 3 aromatic rings. The quantitative estimate of drug-likeness (QED) is 0.515. The first-order valence-electron chi connectivity index (χ1n) is 9.31. The molecule has 148 valence electrons. The fourth-order valence-electron chi connectivity index (χ4n) is 2.76. The summed E-state index contributed by atoms with van der Waals surface area (Å²) in [6.45, 7) is 6.12. The fraction of sp³-hybridized carbons (Fsp3) is 0.333. The third kappa shape index (κ3) is 4.99. The van der Waals surface area contributed by atoms with Gasteiger partial charge in [0.25, 0.3) is 5.91 Å². The highest BCUT2D eigenvalue weighted by Crippen LogP contribution is 2.27. The zero-order valence-electron chi connectivity index (χ0n) is 16.1. The van der Waals surface area contributed by atoms with Crippen molar-refractivity contribution in [2.45, 2.75) is 20.4 Å². The van der Waals surface area contributed by atoms with E-state index in [1.807, 2.05) is 66.9 Å². The van der Waals surface area contributed by atoms with Gasteiger partial charge in [0.15, 0.2) is 11.4 Å². The number of amides is 1. The van der Waals surface area contributed by atoms with Crippen molar-refractivity contribution in [2.75, 3.05) is 26.4 Å². The number of hydrogen-bond donors (Lipinski definition) is 0. The number of hydrogen-bond acceptors (Lipinski definition) is 5. The van der Waals surface area contributed by atoms with Gasteiger partial charge in [0.05, 0.1) is 17.9 Å². The Morgan fingerprint density at radius 3 is 2.61 bits per heavy atom. The predicted octanol–water partition coefficient (Wildman–Crippen LogP) is 3.64. The predicted molar refractivity (Wildman–Crippen MR) is 110 cm³/mol. The second-order valence-electron chi connectivity index (χ2n) is 5.88. The number of aromatic nitrogens is 1. The molecule has 1 amide bonds. The van der Waals surface area contributed by atoms with Crippen LogP contribution in [-0.2, 0) is 16.1 Å². The van der Waals surface area contributed by atoms with Crippen LogP contribution in [0.2, 0.25) is 0 Å². The lowest BCUT2D eigenvalue weighted by molar-refractivity contribution is -0.120. The molecule has 0 fully saturated rings. The van der Waals surface area contributed by atoms with Gasteiger partial charge in [0, 0.05) is 13.2 Å². The molecule has 0 spiro atoms. The van der Waals surface area contributed by atoms with Crippen molar-refractivity contribution in [2.24, 2.45) is 4.99 Å². The van der Waals surface area contributed by atoms with Crippen LogP contribution >= 0.6 is 11.3 Å². The first-order valence-corrected chi connectivity index (χ1v) is 10.1. The maximum Gasteiger partial charge on any atom is 0.286 e. The molecule has 3 rings (SSSR count). The van der Waals surface area contributed by atoms with Gasteiger partial charge in [0.1, 0.15) is 17.0 Å². The minimum absolute atomic E-state index is 0.109.